The first-order valence-electron chi connectivity index (χ1n) is 6.62. The number of allylic oxidation sites excluding steroid dienone is 2. The predicted molar refractivity (Wildman–Crippen MR) is 83.2 cm³/mol. The molecule has 4 heteroatoms. The Morgan fingerprint density at radius 1 is 1.14 bits per heavy atom. The molecule has 0 saturated heterocycles. The van der Waals surface area contributed by atoms with Gasteiger partial charge in [-0.15, -0.1) is 0 Å². The summed E-state index contributed by atoms with van der Waals surface area (Å²) < 4.78 is 18.6. The summed E-state index contributed by atoms with van der Waals surface area (Å²) in [5, 5.41) is 8.69. The summed E-state index contributed by atoms with van der Waals surface area (Å²) in [6.45, 7) is 0. The lowest BCUT2D eigenvalue weighted by atomic mass is 9.97. The van der Waals surface area contributed by atoms with Crippen molar-refractivity contribution in [3.05, 3.63) is 83.7 Å². The highest BCUT2D eigenvalue weighted by molar-refractivity contribution is 5.84. The zero-order valence-electron chi connectivity index (χ0n) is 12.0. The van der Waals surface area contributed by atoms with E-state index in [1.54, 1.807) is 37.5 Å². The molecule has 0 aliphatic rings. The second-order valence-electron chi connectivity index (χ2n) is 4.52. The third-order valence-corrected chi connectivity index (χ3v) is 3.04. The molecule has 0 spiro atoms. The van der Waals surface area contributed by atoms with E-state index in [9.17, 15) is 9.18 Å². The minimum atomic E-state index is -1.04. The molecule has 0 aliphatic carbocycles. The summed E-state index contributed by atoms with van der Waals surface area (Å²) in [7, 11) is 1.58. The molecule has 0 heterocycles. The molecule has 0 saturated carbocycles. The molecule has 112 valence electrons. The zero-order chi connectivity index (χ0) is 15.9. The van der Waals surface area contributed by atoms with Gasteiger partial charge in [-0.05, 0) is 41.0 Å². The van der Waals surface area contributed by atoms with E-state index in [0.717, 1.165) is 17.2 Å². The fourth-order valence-electron chi connectivity index (χ4n) is 2.01. The van der Waals surface area contributed by atoms with Gasteiger partial charge in [-0.3, -0.25) is 0 Å². The average molecular weight is 298 g/mol. The molecule has 22 heavy (non-hydrogen) atoms. The monoisotopic (exact) mass is 298 g/mol. The number of carbonyl (C=O) groups is 1. The third-order valence-electron chi connectivity index (χ3n) is 3.04. The van der Waals surface area contributed by atoms with Crippen molar-refractivity contribution in [3.63, 3.8) is 0 Å². The van der Waals surface area contributed by atoms with E-state index in [4.69, 9.17) is 9.84 Å². The van der Waals surface area contributed by atoms with E-state index in [1.807, 2.05) is 12.1 Å². The largest absolute Gasteiger partial charge is 0.497 e. The van der Waals surface area contributed by atoms with Gasteiger partial charge in [-0.2, -0.15) is 0 Å². The summed E-state index contributed by atoms with van der Waals surface area (Å²) in [6, 6.07) is 13.4. The number of hydrogen-bond acceptors (Lipinski definition) is 2. The first kappa shape index (κ1) is 15.5. The Morgan fingerprint density at radius 2 is 1.86 bits per heavy atom. The number of hydrogen-bond donors (Lipinski definition) is 1. The van der Waals surface area contributed by atoms with Crippen LogP contribution < -0.4 is 4.74 Å². The number of benzene rings is 2. The molecule has 2 aromatic carbocycles. The number of methoxy groups -OCH3 is 1. The third kappa shape index (κ3) is 4.06. The van der Waals surface area contributed by atoms with Crippen LogP contribution in [0.3, 0.4) is 0 Å². The number of carboxylic acid groups (broad SMARTS) is 1. The van der Waals surface area contributed by atoms with Crippen LogP contribution in [0.5, 0.6) is 5.75 Å². The van der Waals surface area contributed by atoms with Gasteiger partial charge in [0.1, 0.15) is 11.6 Å². The second-order valence-corrected chi connectivity index (χ2v) is 4.52. The van der Waals surface area contributed by atoms with Crippen LogP contribution in [0, 0.1) is 5.82 Å². The van der Waals surface area contributed by atoms with E-state index in [0.29, 0.717) is 11.3 Å². The maximum Gasteiger partial charge on any atom is 0.328 e. The van der Waals surface area contributed by atoms with E-state index in [-0.39, 0.29) is 5.82 Å². The highest BCUT2D eigenvalue weighted by Crippen LogP contribution is 2.26. The topological polar surface area (TPSA) is 46.5 Å². The number of aliphatic carboxylic acids is 1. The Kier molecular flexibility index (Phi) is 5.09. The van der Waals surface area contributed by atoms with Gasteiger partial charge >= 0.3 is 5.97 Å². The van der Waals surface area contributed by atoms with Crippen molar-refractivity contribution in [1.29, 1.82) is 0 Å². The van der Waals surface area contributed by atoms with Crippen LogP contribution in [0.25, 0.3) is 5.57 Å². The van der Waals surface area contributed by atoms with E-state index in [1.165, 1.54) is 18.2 Å². The SMILES string of the molecule is COc1ccc(/C(=C/C=C/C(=O)O)c2cccc(F)c2)cc1. The van der Waals surface area contributed by atoms with Crippen LogP contribution in [0.1, 0.15) is 11.1 Å². The van der Waals surface area contributed by atoms with Crippen LogP contribution in [-0.4, -0.2) is 18.2 Å². The summed E-state index contributed by atoms with van der Waals surface area (Å²) in [6.07, 6.45) is 4.10. The lowest BCUT2D eigenvalue weighted by Gasteiger charge is -2.09. The molecule has 0 atom stereocenters. The number of halogens is 1. The Morgan fingerprint density at radius 3 is 2.45 bits per heavy atom. The average Bonchev–Trinajstić information content (AvgIpc) is 2.51. The number of carboxylic acids is 1. The van der Waals surface area contributed by atoms with Crippen molar-refractivity contribution >= 4 is 11.5 Å². The predicted octanol–water partition coefficient (Wildman–Crippen LogP) is 3.91. The van der Waals surface area contributed by atoms with E-state index in [2.05, 4.69) is 0 Å². The maximum atomic E-state index is 13.5. The highest BCUT2D eigenvalue weighted by atomic mass is 19.1. The van der Waals surface area contributed by atoms with Crippen LogP contribution in [0.15, 0.2) is 66.8 Å². The first-order valence-corrected chi connectivity index (χ1v) is 6.62. The van der Waals surface area contributed by atoms with Crippen LogP contribution in [-0.2, 0) is 4.79 Å². The van der Waals surface area contributed by atoms with Crippen LogP contribution >= 0.6 is 0 Å². The zero-order valence-corrected chi connectivity index (χ0v) is 12.0. The summed E-state index contributed by atoms with van der Waals surface area (Å²) in [5.41, 5.74) is 2.22. The molecule has 0 aromatic heterocycles. The maximum absolute atomic E-state index is 13.5. The lowest BCUT2D eigenvalue weighted by molar-refractivity contribution is -0.131. The molecule has 1 N–H and O–H groups in total. The standard InChI is InChI=1S/C18H15FO3/c1-22-16-10-8-13(9-11-16)17(6-3-7-18(20)21)14-4-2-5-15(19)12-14/h2-12H,1H3,(H,20,21)/b7-3+,17-6-. The van der Waals surface area contributed by atoms with Gasteiger partial charge in [-0.1, -0.05) is 36.4 Å². The summed E-state index contributed by atoms with van der Waals surface area (Å²) in [4.78, 5) is 10.6. The van der Waals surface area contributed by atoms with Gasteiger partial charge in [0.15, 0.2) is 0 Å². The Hall–Kier alpha value is -2.88. The summed E-state index contributed by atoms with van der Waals surface area (Å²) in [5.74, 6) is -0.674. The van der Waals surface area contributed by atoms with Gasteiger partial charge in [0, 0.05) is 6.08 Å². The van der Waals surface area contributed by atoms with Crippen molar-refractivity contribution < 1.29 is 19.0 Å². The van der Waals surface area contributed by atoms with Crippen molar-refractivity contribution in [2.45, 2.75) is 0 Å². The first-order chi connectivity index (χ1) is 10.6. The van der Waals surface area contributed by atoms with Gasteiger partial charge < -0.3 is 9.84 Å². The Bertz CT molecular complexity index is 715. The molecular weight excluding hydrogens is 283 g/mol. The number of rotatable bonds is 5. The van der Waals surface area contributed by atoms with Gasteiger partial charge in [0.25, 0.3) is 0 Å². The molecular formula is C18H15FO3. The Balaban J connectivity index is 2.46. The second kappa shape index (κ2) is 7.22. The van der Waals surface area contributed by atoms with Crippen LogP contribution in [0.2, 0.25) is 0 Å². The molecule has 0 unspecified atom stereocenters. The highest BCUT2D eigenvalue weighted by Gasteiger charge is 2.06. The molecule has 0 radical (unpaired) electrons. The molecule has 0 amide bonds. The Labute approximate surface area is 128 Å². The molecule has 0 aliphatic heterocycles. The molecule has 0 fully saturated rings. The summed E-state index contributed by atoms with van der Waals surface area (Å²) >= 11 is 0. The van der Waals surface area contributed by atoms with Crippen molar-refractivity contribution in [2.75, 3.05) is 7.11 Å². The smallest absolute Gasteiger partial charge is 0.328 e. The minimum Gasteiger partial charge on any atom is -0.497 e. The van der Waals surface area contributed by atoms with Gasteiger partial charge in [0.2, 0.25) is 0 Å². The van der Waals surface area contributed by atoms with Gasteiger partial charge in [0.05, 0.1) is 7.11 Å². The minimum absolute atomic E-state index is 0.348. The molecule has 0 bridgehead atoms. The van der Waals surface area contributed by atoms with Crippen molar-refractivity contribution in [1.82, 2.24) is 0 Å². The number of ether oxygens (including phenoxy) is 1. The fourth-order valence-corrected chi connectivity index (χ4v) is 2.01. The van der Waals surface area contributed by atoms with Crippen LogP contribution in [0.4, 0.5) is 4.39 Å². The van der Waals surface area contributed by atoms with Crippen molar-refractivity contribution in [3.8, 4) is 5.75 Å². The van der Waals surface area contributed by atoms with E-state index >= 15 is 0 Å². The molecule has 3 nitrogen and oxygen atoms in total. The van der Waals surface area contributed by atoms with E-state index < -0.39 is 5.97 Å². The molecule has 2 aromatic rings. The lowest BCUT2D eigenvalue weighted by Crippen LogP contribution is -1.91. The fraction of sp³-hybridized carbons (Fsp3) is 0.0556. The normalized spacial score (nSPS) is 11.6. The van der Waals surface area contributed by atoms with Crippen molar-refractivity contribution in [2.24, 2.45) is 0 Å². The van der Waals surface area contributed by atoms with Gasteiger partial charge in [-0.25, -0.2) is 9.18 Å². The molecule has 2 rings (SSSR count). The quantitative estimate of drug-likeness (QED) is 0.672.